The van der Waals surface area contributed by atoms with Gasteiger partial charge >= 0.3 is 0 Å². The van der Waals surface area contributed by atoms with E-state index >= 15 is 0 Å². The fourth-order valence-electron chi connectivity index (χ4n) is 3.63. The Morgan fingerprint density at radius 1 is 0.833 bits per heavy atom. The van der Waals surface area contributed by atoms with Crippen LogP contribution in [0, 0.1) is 0 Å². The number of benzene rings is 3. The van der Waals surface area contributed by atoms with Crippen LogP contribution in [-0.2, 0) is 0 Å². The van der Waals surface area contributed by atoms with Gasteiger partial charge in [-0.3, -0.25) is 0 Å². The summed E-state index contributed by atoms with van der Waals surface area (Å²) < 4.78 is 12.6. The molecule has 148 valence electrons. The number of nitrogens with zero attached hydrogens (tertiary/aromatic N) is 3. The largest absolute Gasteiger partial charge is 0.493 e. The summed E-state index contributed by atoms with van der Waals surface area (Å²) in [6.45, 7) is 0. The van der Waals surface area contributed by atoms with Gasteiger partial charge in [0.25, 0.3) is 0 Å². The Hall–Kier alpha value is -4.06. The molecule has 0 aliphatic carbocycles. The quantitative estimate of drug-likeness (QED) is 0.436. The molecule has 5 rings (SSSR count). The molecule has 0 spiro atoms. The molecule has 0 unspecified atom stereocenters. The molecular formula is C24H20N4O2. The van der Waals surface area contributed by atoms with Crippen molar-refractivity contribution in [1.29, 1.82) is 0 Å². The van der Waals surface area contributed by atoms with E-state index in [0.29, 0.717) is 17.3 Å². The van der Waals surface area contributed by atoms with E-state index in [4.69, 9.17) is 14.6 Å². The van der Waals surface area contributed by atoms with Crippen molar-refractivity contribution in [1.82, 2.24) is 14.6 Å². The van der Waals surface area contributed by atoms with E-state index in [1.807, 2.05) is 53.2 Å². The highest BCUT2D eigenvalue weighted by atomic mass is 16.5. The lowest BCUT2D eigenvalue weighted by molar-refractivity contribution is 0.355. The molecule has 2 aromatic heterocycles. The number of fused-ring (bicyclic) bond motifs is 2. The van der Waals surface area contributed by atoms with Gasteiger partial charge in [-0.25, -0.2) is 9.50 Å². The van der Waals surface area contributed by atoms with Gasteiger partial charge in [-0.15, -0.1) is 5.10 Å². The Labute approximate surface area is 173 Å². The number of anilines is 2. The molecule has 0 radical (unpaired) electrons. The lowest BCUT2D eigenvalue weighted by Crippen LogP contribution is -2.01. The minimum Gasteiger partial charge on any atom is -0.493 e. The first-order valence-corrected chi connectivity index (χ1v) is 9.59. The van der Waals surface area contributed by atoms with Gasteiger partial charge in [0.1, 0.15) is 0 Å². The first-order valence-electron chi connectivity index (χ1n) is 9.59. The van der Waals surface area contributed by atoms with Crippen LogP contribution < -0.4 is 14.8 Å². The summed E-state index contributed by atoms with van der Waals surface area (Å²) in [6, 6.07) is 24.1. The smallest absolute Gasteiger partial charge is 0.162 e. The Morgan fingerprint density at radius 2 is 1.67 bits per heavy atom. The van der Waals surface area contributed by atoms with Gasteiger partial charge in [-0.1, -0.05) is 42.5 Å². The number of hydrogen-bond donors (Lipinski definition) is 1. The molecule has 0 atom stereocenters. The highest BCUT2D eigenvalue weighted by Crippen LogP contribution is 2.32. The van der Waals surface area contributed by atoms with Crippen molar-refractivity contribution in [3.8, 4) is 22.8 Å². The van der Waals surface area contributed by atoms with Crippen LogP contribution in [0.4, 0.5) is 11.5 Å². The number of methoxy groups -OCH3 is 2. The molecule has 6 nitrogen and oxygen atoms in total. The predicted molar refractivity (Wildman–Crippen MR) is 119 cm³/mol. The van der Waals surface area contributed by atoms with Gasteiger partial charge in [-0.05, 0) is 35.0 Å². The third kappa shape index (κ3) is 3.08. The van der Waals surface area contributed by atoms with Crippen molar-refractivity contribution in [3.63, 3.8) is 0 Å². The van der Waals surface area contributed by atoms with Crippen LogP contribution >= 0.6 is 0 Å². The van der Waals surface area contributed by atoms with E-state index in [0.717, 1.165) is 22.6 Å². The molecule has 0 saturated heterocycles. The molecule has 0 bridgehead atoms. The average Bonchev–Trinajstić information content (AvgIpc) is 3.21. The monoisotopic (exact) mass is 396 g/mol. The minimum atomic E-state index is 0.655. The van der Waals surface area contributed by atoms with E-state index in [1.165, 1.54) is 10.8 Å². The van der Waals surface area contributed by atoms with E-state index in [9.17, 15) is 0 Å². The average molecular weight is 396 g/mol. The normalized spacial score (nSPS) is 11.0. The maximum Gasteiger partial charge on any atom is 0.162 e. The zero-order chi connectivity index (χ0) is 20.5. The number of ether oxygens (including phenoxy) is 2. The van der Waals surface area contributed by atoms with Crippen molar-refractivity contribution >= 4 is 27.9 Å². The van der Waals surface area contributed by atoms with Crippen LogP contribution in [-0.4, -0.2) is 28.8 Å². The summed E-state index contributed by atoms with van der Waals surface area (Å²) in [5.74, 6) is 2.04. The number of nitrogens with one attached hydrogen (secondary N) is 1. The Balaban J connectivity index is 1.57. The maximum absolute atomic E-state index is 5.39. The van der Waals surface area contributed by atoms with Crippen molar-refractivity contribution in [2.75, 3.05) is 19.5 Å². The Bertz CT molecular complexity index is 1350. The summed E-state index contributed by atoms with van der Waals surface area (Å²) in [7, 11) is 3.24. The second-order valence-corrected chi connectivity index (χ2v) is 6.85. The molecule has 0 amide bonds. The fourth-order valence-corrected chi connectivity index (χ4v) is 3.63. The maximum atomic E-state index is 5.39. The first-order chi connectivity index (χ1) is 14.8. The van der Waals surface area contributed by atoms with Gasteiger partial charge in [-0.2, -0.15) is 0 Å². The van der Waals surface area contributed by atoms with Crippen molar-refractivity contribution in [3.05, 3.63) is 79.0 Å². The minimum absolute atomic E-state index is 0.655. The van der Waals surface area contributed by atoms with E-state index < -0.39 is 0 Å². The molecule has 2 heterocycles. The number of aromatic nitrogens is 3. The summed E-state index contributed by atoms with van der Waals surface area (Å²) in [4.78, 5) is 4.54. The molecule has 0 aliphatic rings. The van der Waals surface area contributed by atoms with Gasteiger partial charge in [0, 0.05) is 17.3 Å². The van der Waals surface area contributed by atoms with Crippen molar-refractivity contribution in [2.24, 2.45) is 0 Å². The molecule has 6 heteroatoms. The third-order valence-electron chi connectivity index (χ3n) is 5.08. The van der Waals surface area contributed by atoms with Gasteiger partial charge in [0.15, 0.2) is 23.0 Å². The van der Waals surface area contributed by atoms with Crippen LogP contribution in [0.15, 0.2) is 79.0 Å². The summed E-state index contributed by atoms with van der Waals surface area (Å²) >= 11 is 0. The molecule has 5 aromatic rings. The molecule has 1 N–H and O–H groups in total. The topological polar surface area (TPSA) is 60.7 Å². The fraction of sp³-hybridized carbons (Fsp3) is 0.0833. The first kappa shape index (κ1) is 18.0. The Kier molecular flexibility index (Phi) is 4.44. The van der Waals surface area contributed by atoms with E-state index in [1.54, 1.807) is 14.2 Å². The molecule has 0 aliphatic heterocycles. The molecule has 0 fully saturated rings. The lowest BCUT2D eigenvalue weighted by Gasteiger charge is -2.11. The van der Waals surface area contributed by atoms with Gasteiger partial charge in [0.2, 0.25) is 0 Å². The molecular weight excluding hydrogens is 376 g/mol. The van der Waals surface area contributed by atoms with Crippen molar-refractivity contribution < 1.29 is 9.47 Å². The summed E-state index contributed by atoms with van der Waals surface area (Å²) in [6.07, 6.45) is 1.87. The van der Waals surface area contributed by atoms with Crippen LogP contribution in [0.25, 0.3) is 27.7 Å². The highest BCUT2D eigenvalue weighted by Gasteiger charge is 2.11. The molecule has 30 heavy (non-hydrogen) atoms. The van der Waals surface area contributed by atoms with Gasteiger partial charge in [0.05, 0.1) is 26.1 Å². The zero-order valence-electron chi connectivity index (χ0n) is 16.7. The standard InChI is InChI=1S/C24H20N4O2/c1-29-21-11-10-17(14-22(21)30-2)26-23-12-13-24-25-15-20(28(24)27-23)19-9-5-7-16-6-3-4-8-18(16)19/h3-15H,1-2H3,(H,26,27). The number of imidazole rings is 1. The SMILES string of the molecule is COc1ccc(Nc2ccc3ncc(-c4cccc5ccccc45)n3n2)cc1OC. The highest BCUT2D eigenvalue weighted by molar-refractivity contribution is 5.96. The van der Waals surface area contributed by atoms with Crippen LogP contribution in [0.2, 0.25) is 0 Å². The van der Waals surface area contributed by atoms with Gasteiger partial charge < -0.3 is 14.8 Å². The lowest BCUT2D eigenvalue weighted by atomic mass is 10.0. The second kappa shape index (κ2) is 7.40. The second-order valence-electron chi connectivity index (χ2n) is 6.85. The van der Waals surface area contributed by atoms with Crippen LogP contribution in [0.1, 0.15) is 0 Å². The van der Waals surface area contributed by atoms with Crippen molar-refractivity contribution in [2.45, 2.75) is 0 Å². The summed E-state index contributed by atoms with van der Waals surface area (Å²) in [5.41, 5.74) is 3.68. The molecule has 0 saturated carbocycles. The predicted octanol–water partition coefficient (Wildman–Crippen LogP) is 5.31. The zero-order valence-corrected chi connectivity index (χ0v) is 16.7. The Morgan fingerprint density at radius 3 is 2.53 bits per heavy atom. The summed E-state index contributed by atoms with van der Waals surface area (Å²) in [5, 5.41) is 10.5. The van der Waals surface area contributed by atoms with Crippen LogP contribution in [0.5, 0.6) is 11.5 Å². The van der Waals surface area contributed by atoms with Crippen LogP contribution in [0.3, 0.4) is 0 Å². The third-order valence-corrected chi connectivity index (χ3v) is 5.08. The molecule has 3 aromatic carbocycles. The number of rotatable bonds is 5. The van der Waals surface area contributed by atoms with E-state index in [2.05, 4.69) is 40.6 Å². The van der Waals surface area contributed by atoms with E-state index in [-0.39, 0.29) is 0 Å². The number of hydrogen-bond acceptors (Lipinski definition) is 5.